The summed E-state index contributed by atoms with van der Waals surface area (Å²) in [6.07, 6.45) is 3.02. The molecule has 202 valence electrons. The first kappa shape index (κ1) is 26.5. The summed E-state index contributed by atoms with van der Waals surface area (Å²) in [7, 11) is 0. The van der Waals surface area contributed by atoms with Crippen molar-refractivity contribution in [3.05, 3.63) is 62.4 Å². The van der Waals surface area contributed by atoms with Crippen LogP contribution >= 0.6 is 23.2 Å². The van der Waals surface area contributed by atoms with Gasteiger partial charge in [-0.05, 0) is 24.6 Å². The van der Waals surface area contributed by atoms with Crippen molar-refractivity contribution in [3.8, 4) is 16.9 Å². The van der Waals surface area contributed by atoms with Gasteiger partial charge in [0.1, 0.15) is 29.6 Å². The van der Waals surface area contributed by atoms with Crippen molar-refractivity contribution in [2.45, 2.75) is 13.5 Å². The van der Waals surface area contributed by atoms with E-state index in [2.05, 4.69) is 20.3 Å². The summed E-state index contributed by atoms with van der Waals surface area (Å²) >= 11 is 12.5. The zero-order chi connectivity index (χ0) is 27.8. The number of amides is 2. The molecule has 3 aromatic heterocycles. The molecule has 0 spiro atoms. The lowest BCUT2D eigenvalue weighted by molar-refractivity contribution is -0.116. The van der Waals surface area contributed by atoms with E-state index in [1.54, 1.807) is 19.2 Å². The van der Waals surface area contributed by atoms with Gasteiger partial charge in [-0.3, -0.25) is 14.4 Å². The van der Waals surface area contributed by atoms with E-state index in [4.69, 9.17) is 33.7 Å². The quantitative estimate of drug-likeness (QED) is 0.274. The maximum Gasteiger partial charge on any atom is 0.261 e. The van der Waals surface area contributed by atoms with Gasteiger partial charge in [-0.1, -0.05) is 23.2 Å². The second kappa shape index (κ2) is 10.6. The summed E-state index contributed by atoms with van der Waals surface area (Å²) < 4.78 is 6.89. The van der Waals surface area contributed by atoms with E-state index >= 15 is 0 Å². The van der Waals surface area contributed by atoms with E-state index in [1.807, 2.05) is 4.90 Å². The second-order valence-corrected chi connectivity index (χ2v) is 9.72. The number of phenols is 1. The molecule has 1 aliphatic heterocycles. The molecule has 2 amide bonds. The number of aromatic amines is 1. The van der Waals surface area contributed by atoms with Crippen LogP contribution in [-0.2, 0) is 16.1 Å². The smallest absolute Gasteiger partial charge is 0.261 e. The molecule has 1 aromatic carbocycles. The molecule has 0 saturated carbocycles. The zero-order valence-electron chi connectivity index (χ0n) is 20.6. The molecule has 0 radical (unpaired) electrons. The van der Waals surface area contributed by atoms with Crippen molar-refractivity contribution in [2.75, 3.05) is 36.5 Å². The number of benzene rings is 1. The van der Waals surface area contributed by atoms with Gasteiger partial charge in [0.15, 0.2) is 0 Å². The number of hydrogen-bond donors (Lipinski definition) is 4. The van der Waals surface area contributed by atoms with E-state index in [9.17, 15) is 19.5 Å². The number of primary amides is 1. The van der Waals surface area contributed by atoms with Crippen LogP contribution in [0.2, 0.25) is 10.0 Å². The fraction of sp³-hybridized carbons (Fsp3) is 0.240. The largest absolute Gasteiger partial charge is 0.506 e. The summed E-state index contributed by atoms with van der Waals surface area (Å²) in [5.74, 6) is -0.795. The molecule has 1 saturated heterocycles. The number of ether oxygens (including phenoxy) is 1. The number of carbonyl (C=O) groups excluding carboxylic acids is 2. The highest BCUT2D eigenvalue weighted by Crippen LogP contribution is 2.36. The highest BCUT2D eigenvalue weighted by Gasteiger charge is 2.21. The van der Waals surface area contributed by atoms with Gasteiger partial charge in [-0.15, -0.1) is 0 Å². The minimum absolute atomic E-state index is 0.125. The summed E-state index contributed by atoms with van der Waals surface area (Å²) in [6.45, 7) is 3.88. The number of aromatic nitrogens is 4. The van der Waals surface area contributed by atoms with Crippen LogP contribution in [0.3, 0.4) is 0 Å². The van der Waals surface area contributed by atoms with Crippen LogP contribution in [0.25, 0.3) is 22.2 Å². The number of anilines is 2. The maximum absolute atomic E-state index is 13.1. The van der Waals surface area contributed by atoms with Crippen molar-refractivity contribution < 1.29 is 19.4 Å². The fourth-order valence-corrected chi connectivity index (χ4v) is 4.79. The Kier molecular flexibility index (Phi) is 7.17. The molecule has 12 nitrogen and oxygen atoms in total. The normalized spacial score (nSPS) is 13.6. The Bertz CT molecular complexity index is 1680. The number of rotatable bonds is 6. The maximum atomic E-state index is 13.1. The third-order valence-electron chi connectivity index (χ3n) is 6.25. The zero-order valence-corrected chi connectivity index (χ0v) is 22.1. The van der Waals surface area contributed by atoms with Crippen molar-refractivity contribution in [3.63, 3.8) is 0 Å². The van der Waals surface area contributed by atoms with Crippen molar-refractivity contribution in [1.82, 2.24) is 19.5 Å². The molecular formula is C25H23Cl2N7O5. The van der Waals surface area contributed by atoms with Gasteiger partial charge in [0.25, 0.3) is 11.5 Å². The molecule has 0 atom stereocenters. The number of nitrogens with one attached hydrogen (secondary N) is 2. The Balaban J connectivity index is 1.51. The molecule has 1 aliphatic rings. The fourth-order valence-electron chi connectivity index (χ4n) is 4.42. The highest BCUT2D eigenvalue weighted by molar-refractivity contribution is 6.34. The lowest BCUT2D eigenvalue weighted by atomic mass is 10.0. The average Bonchev–Trinajstić information content (AvgIpc) is 3.25. The number of halogens is 2. The molecule has 39 heavy (non-hydrogen) atoms. The van der Waals surface area contributed by atoms with Gasteiger partial charge in [0.05, 0.1) is 46.1 Å². The van der Waals surface area contributed by atoms with Gasteiger partial charge >= 0.3 is 0 Å². The molecule has 14 heteroatoms. The van der Waals surface area contributed by atoms with Crippen LogP contribution in [0.15, 0.2) is 35.4 Å². The Labute approximate surface area is 231 Å². The molecule has 4 aromatic rings. The highest BCUT2D eigenvalue weighted by atomic mass is 35.5. The number of nitrogens with two attached hydrogens (primary N) is 1. The van der Waals surface area contributed by atoms with Crippen LogP contribution in [0, 0.1) is 6.92 Å². The first-order chi connectivity index (χ1) is 18.6. The molecule has 0 aliphatic carbocycles. The Morgan fingerprint density at radius 3 is 2.67 bits per heavy atom. The second-order valence-electron chi connectivity index (χ2n) is 8.91. The molecule has 0 unspecified atom stereocenters. The lowest BCUT2D eigenvalue weighted by Crippen LogP contribution is -2.36. The van der Waals surface area contributed by atoms with Gasteiger partial charge in [-0.25, -0.2) is 9.97 Å². The third kappa shape index (κ3) is 5.26. The number of hydrogen-bond acceptors (Lipinski definition) is 8. The predicted octanol–water partition coefficient (Wildman–Crippen LogP) is 2.68. The van der Waals surface area contributed by atoms with Gasteiger partial charge in [0, 0.05) is 30.9 Å². The van der Waals surface area contributed by atoms with Crippen molar-refractivity contribution in [2.24, 2.45) is 5.73 Å². The van der Waals surface area contributed by atoms with Gasteiger partial charge in [0.2, 0.25) is 5.91 Å². The molecule has 4 heterocycles. The molecule has 5 N–H and O–H groups in total. The van der Waals surface area contributed by atoms with Crippen molar-refractivity contribution >= 4 is 57.6 Å². The van der Waals surface area contributed by atoms with Crippen LogP contribution < -0.4 is 21.5 Å². The SMILES string of the molecule is Cc1nc2c(c(-c3cc(Cl)c(O)c(C(N)=O)c3)cn2CC(=O)Nc2cc(N3CCOCC3)ncc2Cl)c(=O)[nH]1. The van der Waals surface area contributed by atoms with E-state index < -0.39 is 23.1 Å². The summed E-state index contributed by atoms with van der Waals surface area (Å²) in [5, 5.41) is 13.2. The van der Waals surface area contributed by atoms with Crippen LogP contribution in [-0.4, -0.2) is 62.7 Å². The Morgan fingerprint density at radius 1 is 1.21 bits per heavy atom. The molecular weight excluding hydrogens is 549 g/mol. The summed E-state index contributed by atoms with van der Waals surface area (Å²) in [5.41, 5.74) is 6.01. The lowest BCUT2D eigenvalue weighted by Gasteiger charge is -2.28. The van der Waals surface area contributed by atoms with Gasteiger partial charge < -0.3 is 35.3 Å². The number of nitrogens with zero attached hydrogens (tertiary/aromatic N) is 4. The Hall–Kier alpha value is -4.13. The first-order valence-electron chi connectivity index (χ1n) is 11.8. The number of aromatic hydroxyl groups is 1. The molecule has 0 bridgehead atoms. The van der Waals surface area contributed by atoms with E-state index in [0.717, 1.165) is 0 Å². The molecule has 1 fully saturated rings. The number of H-pyrrole nitrogens is 1. The summed E-state index contributed by atoms with van der Waals surface area (Å²) in [6, 6.07) is 4.42. The topological polar surface area (TPSA) is 168 Å². The van der Waals surface area contributed by atoms with E-state index in [1.165, 1.54) is 22.9 Å². The van der Waals surface area contributed by atoms with E-state index in [0.29, 0.717) is 54.8 Å². The number of fused-ring (bicyclic) bond motifs is 1. The minimum Gasteiger partial charge on any atom is -0.506 e. The minimum atomic E-state index is -0.895. The predicted molar refractivity (Wildman–Crippen MR) is 147 cm³/mol. The van der Waals surface area contributed by atoms with Gasteiger partial charge in [-0.2, -0.15) is 0 Å². The van der Waals surface area contributed by atoms with Crippen molar-refractivity contribution in [1.29, 1.82) is 0 Å². The Morgan fingerprint density at radius 2 is 1.95 bits per heavy atom. The number of carbonyl (C=O) groups is 2. The third-order valence-corrected chi connectivity index (χ3v) is 6.84. The van der Waals surface area contributed by atoms with Crippen LogP contribution in [0.4, 0.5) is 11.5 Å². The first-order valence-corrected chi connectivity index (χ1v) is 12.6. The number of aryl methyl sites for hydroxylation is 1. The number of morpholine rings is 1. The standard InChI is InChI=1S/C25H23Cl2N7O5/c1-12-30-24-21(25(38)31-12)15(13-6-14(23(28)37)22(36)16(26)7-13)10-34(24)11-20(35)32-18-8-19(29-9-17(18)27)33-2-4-39-5-3-33/h6-10,36H,2-5,11H2,1H3,(H2,28,37)(H,29,32,35)(H,30,31,38). The summed E-state index contributed by atoms with van der Waals surface area (Å²) in [4.78, 5) is 51.4. The van der Waals surface area contributed by atoms with Crippen LogP contribution in [0.1, 0.15) is 16.2 Å². The average molecular weight is 572 g/mol. The van der Waals surface area contributed by atoms with Crippen LogP contribution in [0.5, 0.6) is 5.75 Å². The number of pyridine rings is 1. The van der Waals surface area contributed by atoms with E-state index in [-0.39, 0.29) is 33.2 Å². The monoisotopic (exact) mass is 571 g/mol. The molecule has 5 rings (SSSR count).